The Hall–Kier alpha value is -1.85. The molecule has 0 bridgehead atoms. The highest BCUT2D eigenvalue weighted by molar-refractivity contribution is 6.04. The lowest BCUT2D eigenvalue weighted by molar-refractivity contribution is 0.104. The minimum Gasteiger partial charge on any atom is -0.289 e. The van der Waals surface area contributed by atoms with Crippen LogP contribution in [0.4, 0.5) is 0 Å². The van der Waals surface area contributed by atoms with Crippen LogP contribution in [0.2, 0.25) is 0 Å². The van der Waals surface area contributed by atoms with E-state index < -0.39 is 0 Å². The van der Waals surface area contributed by atoms with E-state index in [9.17, 15) is 4.79 Å². The summed E-state index contributed by atoms with van der Waals surface area (Å²) in [6, 6.07) is 9.28. The number of rotatable bonds is 5. The number of hydrogen-bond acceptors (Lipinski definition) is 1. The van der Waals surface area contributed by atoms with E-state index in [1.165, 1.54) is 0 Å². The van der Waals surface area contributed by atoms with Crippen LogP contribution in [-0.2, 0) is 0 Å². The summed E-state index contributed by atoms with van der Waals surface area (Å²) in [6.07, 6.45) is 6.26. The van der Waals surface area contributed by atoms with Gasteiger partial charge in [-0.2, -0.15) is 0 Å². The van der Waals surface area contributed by atoms with Crippen LogP contribution in [0.5, 0.6) is 0 Å². The normalized spacial score (nSPS) is 11.2. The summed E-state index contributed by atoms with van der Waals surface area (Å²) in [6.45, 7) is 7.74. The van der Waals surface area contributed by atoms with Crippen molar-refractivity contribution in [2.24, 2.45) is 5.41 Å². The second-order valence-corrected chi connectivity index (χ2v) is 4.67. The molecule has 1 nitrogen and oxygen atoms in total. The van der Waals surface area contributed by atoms with Crippen molar-refractivity contribution < 1.29 is 4.79 Å². The second kappa shape index (κ2) is 6.03. The maximum atomic E-state index is 11.8. The first-order valence-corrected chi connectivity index (χ1v) is 5.68. The zero-order valence-corrected chi connectivity index (χ0v) is 10.4. The first-order chi connectivity index (χ1) is 8.05. The lowest BCUT2D eigenvalue weighted by Crippen LogP contribution is -2.05. The van der Waals surface area contributed by atoms with Gasteiger partial charge < -0.3 is 0 Å². The molecule has 0 saturated heterocycles. The van der Waals surface area contributed by atoms with E-state index in [1.807, 2.05) is 42.5 Å². The van der Waals surface area contributed by atoms with Crippen LogP contribution in [0.25, 0.3) is 0 Å². The summed E-state index contributed by atoms with van der Waals surface area (Å²) in [5.74, 6) is 0.0454. The predicted octanol–water partition coefficient (Wildman–Crippen LogP) is 4.18. The minimum absolute atomic E-state index is 0.00474. The molecule has 0 unspecified atom stereocenters. The number of ketones is 1. The highest BCUT2D eigenvalue weighted by Crippen LogP contribution is 2.22. The molecule has 1 aromatic rings. The van der Waals surface area contributed by atoms with Crippen molar-refractivity contribution in [2.45, 2.75) is 20.3 Å². The first-order valence-electron chi connectivity index (χ1n) is 5.68. The molecule has 0 aliphatic carbocycles. The Bertz CT molecular complexity index is 446. The van der Waals surface area contributed by atoms with Crippen molar-refractivity contribution in [3.05, 3.63) is 66.4 Å². The van der Waals surface area contributed by atoms with Crippen molar-refractivity contribution in [3.63, 3.8) is 0 Å². The van der Waals surface area contributed by atoms with Gasteiger partial charge in [0.15, 0.2) is 5.78 Å². The molecule has 0 amide bonds. The molecule has 88 valence electrons. The zero-order chi connectivity index (χ0) is 12.7. The minimum atomic E-state index is -0.00474. The molecule has 17 heavy (non-hydrogen) atoms. The molecular formula is C16H18O. The Morgan fingerprint density at radius 1 is 1.35 bits per heavy atom. The Kier molecular flexibility index (Phi) is 4.68. The van der Waals surface area contributed by atoms with Gasteiger partial charge in [0.1, 0.15) is 0 Å². The topological polar surface area (TPSA) is 17.1 Å². The third-order valence-electron chi connectivity index (χ3n) is 2.46. The van der Waals surface area contributed by atoms with Gasteiger partial charge in [-0.25, -0.2) is 0 Å². The van der Waals surface area contributed by atoms with Crippen LogP contribution in [-0.4, -0.2) is 5.78 Å². The van der Waals surface area contributed by atoms with E-state index in [-0.39, 0.29) is 11.2 Å². The van der Waals surface area contributed by atoms with Gasteiger partial charge in [0, 0.05) is 5.56 Å². The van der Waals surface area contributed by atoms with Gasteiger partial charge in [0.05, 0.1) is 0 Å². The molecule has 0 aliphatic rings. The molecule has 0 aliphatic heterocycles. The molecular weight excluding hydrogens is 208 g/mol. The average molecular weight is 226 g/mol. The summed E-state index contributed by atoms with van der Waals surface area (Å²) >= 11 is 0. The van der Waals surface area contributed by atoms with Gasteiger partial charge in [-0.3, -0.25) is 4.79 Å². The van der Waals surface area contributed by atoms with E-state index >= 15 is 0 Å². The number of carbonyl (C=O) groups excluding carboxylic acids is 1. The van der Waals surface area contributed by atoms with Gasteiger partial charge in [0.2, 0.25) is 0 Å². The number of allylic oxidation sites excluding steroid dienone is 3. The highest BCUT2D eigenvalue weighted by Gasteiger charge is 2.11. The van der Waals surface area contributed by atoms with Crippen LogP contribution in [0.3, 0.4) is 0 Å². The molecule has 1 aromatic carbocycles. The summed E-state index contributed by atoms with van der Waals surface area (Å²) in [5.41, 5.74) is 3.50. The van der Waals surface area contributed by atoms with Gasteiger partial charge >= 0.3 is 0 Å². The average Bonchev–Trinajstić information content (AvgIpc) is 2.29. The van der Waals surface area contributed by atoms with Crippen molar-refractivity contribution in [1.82, 2.24) is 0 Å². The molecule has 0 fully saturated rings. The Balaban J connectivity index is 2.61. The summed E-state index contributed by atoms with van der Waals surface area (Å²) in [4.78, 5) is 11.8. The van der Waals surface area contributed by atoms with Crippen LogP contribution in [0.1, 0.15) is 30.6 Å². The molecule has 1 heteroatoms. The molecule has 0 saturated carbocycles. The third-order valence-corrected chi connectivity index (χ3v) is 2.46. The van der Waals surface area contributed by atoms with Crippen LogP contribution < -0.4 is 0 Å². The molecule has 0 atom stereocenters. The van der Waals surface area contributed by atoms with Gasteiger partial charge in [-0.15, -0.1) is 5.73 Å². The zero-order valence-electron chi connectivity index (χ0n) is 10.4. The number of carbonyl (C=O) groups is 1. The molecule has 1 rings (SSSR count). The van der Waals surface area contributed by atoms with E-state index in [1.54, 1.807) is 6.08 Å². The van der Waals surface area contributed by atoms with Crippen molar-refractivity contribution in [1.29, 1.82) is 0 Å². The summed E-state index contributed by atoms with van der Waals surface area (Å²) < 4.78 is 0. The van der Waals surface area contributed by atoms with Crippen LogP contribution >= 0.6 is 0 Å². The van der Waals surface area contributed by atoms with Crippen LogP contribution in [0, 0.1) is 5.41 Å². The van der Waals surface area contributed by atoms with E-state index in [2.05, 4.69) is 26.2 Å². The fourth-order valence-corrected chi connectivity index (χ4v) is 1.50. The van der Waals surface area contributed by atoms with Gasteiger partial charge in [0.25, 0.3) is 0 Å². The van der Waals surface area contributed by atoms with E-state index in [0.717, 1.165) is 12.0 Å². The van der Waals surface area contributed by atoms with Crippen molar-refractivity contribution >= 4 is 5.78 Å². The lowest BCUT2D eigenvalue weighted by atomic mass is 9.89. The summed E-state index contributed by atoms with van der Waals surface area (Å²) in [5, 5.41) is 0. The molecule has 0 radical (unpaired) electrons. The molecule has 0 N–H and O–H groups in total. The summed E-state index contributed by atoms with van der Waals surface area (Å²) in [7, 11) is 0. The first kappa shape index (κ1) is 13.2. The highest BCUT2D eigenvalue weighted by atomic mass is 16.1. The molecule has 0 heterocycles. The maximum Gasteiger partial charge on any atom is 0.185 e. The quantitative estimate of drug-likeness (QED) is 0.418. The fourth-order valence-electron chi connectivity index (χ4n) is 1.50. The molecule has 0 spiro atoms. The SMILES string of the molecule is C=C=CC(C)(C)C/C=C/C(=O)c1ccccc1. The van der Waals surface area contributed by atoms with Crippen molar-refractivity contribution in [3.8, 4) is 0 Å². The Morgan fingerprint density at radius 2 is 2.00 bits per heavy atom. The number of hydrogen-bond donors (Lipinski definition) is 0. The lowest BCUT2D eigenvalue weighted by Gasteiger charge is -2.15. The largest absolute Gasteiger partial charge is 0.289 e. The fraction of sp³-hybridized carbons (Fsp3) is 0.250. The van der Waals surface area contributed by atoms with Gasteiger partial charge in [-0.1, -0.05) is 56.8 Å². The standard InChI is InChI=1S/C16H18O/c1-4-12-16(2,3)13-8-11-15(17)14-9-6-5-7-10-14/h5-12H,1,13H2,2-3H3/b11-8+. The van der Waals surface area contributed by atoms with E-state index in [4.69, 9.17) is 0 Å². The smallest absolute Gasteiger partial charge is 0.185 e. The monoisotopic (exact) mass is 226 g/mol. The number of benzene rings is 1. The maximum absolute atomic E-state index is 11.8. The third kappa shape index (κ3) is 4.67. The Labute approximate surface area is 103 Å². The van der Waals surface area contributed by atoms with E-state index in [0.29, 0.717) is 0 Å². The van der Waals surface area contributed by atoms with Crippen LogP contribution in [0.15, 0.2) is 60.9 Å². The van der Waals surface area contributed by atoms with Gasteiger partial charge in [-0.05, 0) is 24.0 Å². The van der Waals surface area contributed by atoms with Crippen molar-refractivity contribution in [2.75, 3.05) is 0 Å². The molecule has 0 aromatic heterocycles. The second-order valence-electron chi connectivity index (χ2n) is 4.67. The Morgan fingerprint density at radius 3 is 2.59 bits per heavy atom. The predicted molar refractivity (Wildman–Crippen MR) is 72.0 cm³/mol.